The molecule has 0 spiro atoms. The van der Waals surface area contributed by atoms with E-state index in [-0.39, 0.29) is 28.6 Å². The molecule has 0 aliphatic rings. The molecule has 29 heavy (non-hydrogen) atoms. The second-order valence-electron chi connectivity index (χ2n) is 7.32. The van der Waals surface area contributed by atoms with Crippen LogP contribution in [0.4, 0.5) is 23.5 Å². The minimum absolute atomic E-state index is 0.0376. The van der Waals surface area contributed by atoms with Crippen molar-refractivity contribution in [3.05, 3.63) is 51.4 Å². The van der Waals surface area contributed by atoms with E-state index in [0.29, 0.717) is 5.56 Å². The summed E-state index contributed by atoms with van der Waals surface area (Å²) >= 11 is 0. The number of hydrogen-bond donors (Lipinski definition) is 1. The smallest absolute Gasteiger partial charge is 0.348 e. The molecule has 0 saturated heterocycles. The quantitative estimate of drug-likeness (QED) is 0.647. The maximum absolute atomic E-state index is 13.6. The van der Waals surface area contributed by atoms with Crippen molar-refractivity contribution in [3.63, 3.8) is 0 Å². The van der Waals surface area contributed by atoms with Crippen molar-refractivity contribution in [2.75, 3.05) is 19.0 Å². The third kappa shape index (κ3) is 3.83. The maximum Gasteiger partial charge on any atom is 0.416 e. The summed E-state index contributed by atoms with van der Waals surface area (Å²) in [5.41, 5.74) is -0.605. The largest absolute Gasteiger partial charge is 0.416 e. The first-order valence-corrected chi connectivity index (χ1v) is 8.96. The van der Waals surface area contributed by atoms with Gasteiger partial charge in [0, 0.05) is 14.1 Å². The predicted molar refractivity (Wildman–Crippen MR) is 102 cm³/mol. The van der Waals surface area contributed by atoms with E-state index in [1.807, 2.05) is 13.8 Å². The van der Waals surface area contributed by atoms with Crippen molar-refractivity contribution < 1.29 is 17.6 Å². The van der Waals surface area contributed by atoms with Crippen molar-refractivity contribution >= 4 is 17.0 Å². The molecule has 0 aliphatic heterocycles. The molecule has 2 heterocycles. The van der Waals surface area contributed by atoms with Crippen LogP contribution in [0.5, 0.6) is 0 Å². The SMILES string of the molecule is CC(C)C(c1ccc(C(F)(F)F)cc1)n1nc(CF)c2c(=O)[nH]c(N(C)C)nc21. The van der Waals surface area contributed by atoms with E-state index in [2.05, 4.69) is 15.1 Å². The summed E-state index contributed by atoms with van der Waals surface area (Å²) in [7, 11) is 3.38. The number of anilines is 1. The van der Waals surface area contributed by atoms with Gasteiger partial charge >= 0.3 is 6.18 Å². The van der Waals surface area contributed by atoms with Gasteiger partial charge in [-0.2, -0.15) is 23.3 Å². The predicted octanol–water partition coefficient (Wildman–Crippen LogP) is 3.92. The lowest BCUT2D eigenvalue weighted by Gasteiger charge is -2.23. The van der Waals surface area contributed by atoms with Crippen molar-refractivity contribution in [1.29, 1.82) is 0 Å². The molecule has 0 radical (unpaired) electrons. The Morgan fingerprint density at radius 2 is 1.79 bits per heavy atom. The number of nitrogens with one attached hydrogen (secondary N) is 1. The highest BCUT2D eigenvalue weighted by Crippen LogP contribution is 2.33. The monoisotopic (exact) mass is 411 g/mol. The van der Waals surface area contributed by atoms with Gasteiger partial charge in [0.15, 0.2) is 5.65 Å². The Kier molecular flexibility index (Phi) is 5.38. The number of H-pyrrole nitrogens is 1. The van der Waals surface area contributed by atoms with Crippen LogP contribution in [0.1, 0.15) is 36.7 Å². The molecule has 3 rings (SSSR count). The van der Waals surface area contributed by atoms with Gasteiger partial charge in [0.2, 0.25) is 5.95 Å². The van der Waals surface area contributed by atoms with Gasteiger partial charge in [0.25, 0.3) is 5.56 Å². The highest BCUT2D eigenvalue weighted by atomic mass is 19.4. The molecule has 0 amide bonds. The summed E-state index contributed by atoms with van der Waals surface area (Å²) in [5.74, 6) is 0.148. The van der Waals surface area contributed by atoms with E-state index >= 15 is 0 Å². The minimum atomic E-state index is -4.44. The lowest BCUT2D eigenvalue weighted by atomic mass is 9.95. The second kappa shape index (κ2) is 7.49. The Hall–Kier alpha value is -2.91. The van der Waals surface area contributed by atoms with Gasteiger partial charge in [0.05, 0.1) is 11.6 Å². The van der Waals surface area contributed by atoms with Crippen LogP contribution in [0, 0.1) is 5.92 Å². The normalized spacial score (nSPS) is 13.3. The molecular weight excluding hydrogens is 390 g/mol. The number of hydrogen-bond acceptors (Lipinski definition) is 4. The summed E-state index contributed by atoms with van der Waals surface area (Å²) in [4.78, 5) is 21.1. The number of benzene rings is 1. The van der Waals surface area contributed by atoms with Gasteiger partial charge < -0.3 is 4.90 Å². The van der Waals surface area contributed by atoms with E-state index in [1.54, 1.807) is 19.0 Å². The summed E-state index contributed by atoms with van der Waals surface area (Å²) < 4.78 is 53.7. The molecule has 1 unspecified atom stereocenters. The molecule has 3 aromatic rings. The van der Waals surface area contributed by atoms with Crippen LogP contribution < -0.4 is 10.5 Å². The lowest BCUT2D eigenvalue weighted by Crippen LogP contribution is -2.22. The number of aromatic amines is 1. The molecule has 1 atom stereocenters. The van der Waals surface area contributed by atoms with Crippen LogP contribution in [0.3, 0.4) is 0 Å². The van der Waals surface area contributed by atoms with Crippen molar-refractivity contribution in [2.24, 2.45) is 5.92 Å². The number of halogens is 4. The Morgan fingerprint density at radius 3 is 2.28 bits per heavy atom. The first kappa shape index (κ1) is 20.8. The Labute approximate surface area is 164 Å². The number of fused-ring (bicyclic) bond motifs is 1. The van der Waals surface area contributed by atoms with Crippen LogP contribution in [-0.4, -0.2) is 33.8 Å². The van der Waals surface area contributed by atoms with Crippen molar-refractivity contribution in [2.45, 2.75) is 32.7 Å². The zero-order valence-electron chi connectivity index (χ0n) is 16.4. The van der Waals surface area contributed by atoms with E-state index in [9.17, 15) is 22.4 Å². The maximum atomic E-state index is 13.6. The summed E-state index contributed by atoms with van der Waals surface area (Å²) in [6.45, 7) is 2.77. The molecule has 2 aromatic heterocycles. The molecule has 156 valence electrons. The molecule has 0 fully saturated rings. The fourth-order valence-electron chi connectivity index (χ4n) is 3.28. The highest BCUT2D eigenvalue weighted by molar-refractivity contribution is 5.78. The van der Waals surface area contributed by atoms with Crippen LogP contribution in [0.25, 0.3) is 11.0 Å². The Bertz CT molecular complexity index is 1070. The summed E-state index contributed by atoms with van der Waals surface area (Å²) in [6, 6.07) is 4.20. The van der Waals surface area contributed by atoms with Gasteiger partial charge in [-0.15, -0.1) is 0 Å². The number of nitrogens with zero attached hydrogens (tertiary/aromatic N) is 4. The van der Waals surface area contributed by atoms with Gasteiger partial charge in [-0.3, -0.25) is 9.78 Å². The molecule has 1 N–H and O–H groups in total. The highest BCUT2D eigenvalue weighted by Gasteiger charge is 2.31. The zero-order chi connectivity index (χ0) is 21.5. The van der Waals surface area contributed by atoms with Gasteiger partial charge in [-0.05, 0) is 23.6 Å². The Balaban J connectivity index is 2.23. The van der Waals surface area contributed by atoms with E-state index in [4.69, 9.17) is 0 Å². The third-order valence-corrected chi connectivity index (χ3v) is 4.65. The molecule has 1 aromatic carbocycles. The fourth-order valence-corrected chi connectivity index (χ4v) is 3.28. The van der Waals surface area contributed by atoms with E-state index < -0.39 is 30.0 Å². The second-order valence-corrected chi connectivity index (χ2v) is 7.32. The summed E-state index contributed by atoms with van der Waals surface area (Å²) in [6.07, 6.45) is -4.44. The Morgan fingerprint density at radius 1 is 1.17 bits per heavy atom. The summed E-state index contributed by atoms with van der Waals surface area (Å²) in [5, 5.41) is 4.29. The number of rotatable bonds is 5. The minimum Gasteiger partial charge on any atom is -0.348 e. The van der Waals surface area contributed by atoms with Crippen molar-refractivity contribution in [1.82, 2.24) is 19.7 Å². The van der Waals surface area contributed by atoms with Crippen LogP contribution >= 0.6 is 0 Å². The van der Waals surface area contributed by atoms with Crippen molar-refractivity contribution in [3.8, 4) is 0 Å². The van der Waals surface area contributed by atoms with Crippen LogP contribution in [0.2, 0.25) is 0 Å². The standard InChI is InChI=1S/C19H21F4N5O/c1-10(2)15(11-5-7-12(8-6-11)19(21,22)23)28-16-14(13(9-20)26-28)17(29)25-18(24-16)27(3)4/h5-8,10,15H,9H2,1-4H3,(H,24,25,29). The van der Waals surface area contributed by atoms with Crippen LogP contribution in [0.15, 0.2) is 29.1 Å². The number of aromatic nitrogens is 4. The molecular formula is C19H21F4N5O. The molecule has 0 bridgehead atoms. The van der Waals surface area contributed by atoms with Crippen LogP contribution in [-0.2, 0) is 12.9 Å². The lowest BCUT2D eigenvalue weighted by molar-refractivity contribution is -0.137. The third-order valence-electron chi connectivity index (χ3n) is 4.65. The average molecular weight is 411 g/mol. The fraction of sp³-hybridized carbons (Fsp3) is 0.421. The molecule has 0 aliphatic carbocycles. The number of alkyl halides is 4. The molecule has 10 heteroatoms. The van der Waals surface area contributed by atoms with E-state index in [1.165, 1.54) is 16.8 Å². The van der Waals surface area contributed by atoms with E-state index in [0.717, 1.165) is 12.1 Å². The average Bonchev–Trinajstić information content (AvgIpc) is 3.00. The zero-order valence-corrected chi connectivity index (χ0v) is 16.4. The van der Waals surface area contributed by atoms with Gasteiger partial charge in [0.1, 0.15) is 17.8 Å². The molecule has 0 saturated carbocycles. The molecule has 6 nitrogen and oxygen atoms in total. The van der Waals surface area contributed by atoms with Gasteiger partial charge in [-0.25, -0.2) is 9.07 Å². The topological polar surface area (TPSA) is 66.8 Å². The first-order valence-electron chi connectivity index (χ1n) is 8.96. The first-order chi connectivity index (χ1) is 13.5. The van der Waals surface area contributed by atoms with Gasteiger partial charge in [-0.1, -0.05) is 26.0 Å².